The van der Waals surface area contributed by atoms with E-state index in [1.807, 2.05) is 0 Å². The molecule has 0 atom stereocenters. The monoisotopic (exact) mass is 321 g/mol. The third kappa shape index (κ3) is 3.09. The lowest BCUT2D eigenvalue weighted by Gasteiger charge is -2.02. The minimum Gasteiger partial charge on any atom is -0.465 e. The van der Waals surface area contributed by atoms with Crippen LogP contribution in [0.4, 0.5) is 10.8 Å². The van der Waals surface area contributed by atoms with Crippen LogP contribution in [0, 0.1) is 17.0 Å². The smallest absolute Gasteiger partial charge is 0.350 e. The number of nitrogens with zero attached hydrogens (tertiary/aromatic N) is 2. The highest BCUT2D eigenvalue weighted by molar-refractivity contribution is 7.17. The summed E-state index contributed by atoms with van der Waals surface area (Å²) in [7, 11) is 1.24. The fourth-order valence-corrected chi connectivity index (χ4v) is 2.60. The van der Waals surface area contributed by atoms with Crippen molar-refractivity contribution in [3.05, 3.63) is 50.5 Å². The first-order chi connectivity index (χ1) is 10.4. The molecule has 0 aliphatic heterocycles. The van der Waals surface area contributed by atoms with Crippen LogP contribution in [0.15, 0.2) is 24.3 Å². The van der Waals surface area contributed by atoms with Crippen molar-refractivity contribution in [2.75, 3.05) is 12.4 Å². The molecule has 0 radical (unpaired) electrons. The standard InChI is InChI=1S/C13H11N3O5S/c1-7-10(12(18)21-2)22-13(14-7)15-11(17)8-5-3-4-6-9(8)16(19)20/h3-6H,1-2H3,(H,14,15,17). The van der Waals surface area contributed by atoms with Gasteiger partial charge in [0.15, 0.2) is 5.13 Å². The maximum Gasteiger partial charge on any atom is 0.350 e. The number of aromatic nitrogens is 1. The van der Waals surface area contributed by atoms with E-state index in [0.29, 0.717) is 5.69 Å². The van der Waals surface area contributed by atoms with Gasteiger partial charge in [-0.2, -0.15) is 0 Å². The van der Waals surface area contributed by atoms with Crippen LogP contribution in [-0.4, -0.2) is 28.9 Å². The van der Waals surface area contributed by atoms with E-state index in [0.717, 1.165) is 11.3 Å². The second-order valence-electron chi connectivity index (χ2n) is 4.15. The lowest BCUT2D eigenvalue weighted by atomic mass is 10.1. The number of anilines is 1. The first kappa shape index (κ1) is 15.6. The van der Waals surface area contributed by atoms with Crippen molar-refractivity contribution in [2.45, 2.75) is 6.92 Å². The number of thiazole rings is 1. The van der Waals surface area contributed by atoms with E-state index in [2.05, 4.69) is 15.0 Å². The van der Waals surface area contributed by atoms with Gasteiger partial charge in [-0.25, -0.2) is 9.78 Å². The Morgan fingerprint density at radius 2 is 2.05 bits per heavy atom. The molecule has 0 spiro atoms. The molecule has 0 aliphatic carbocycles. The molecule has 2 rings (SSSR count). The molecule has 1 aromatic carbocycles. The summed E-state index contributed by atoms with van der Waals surface area (Å²) in [5.74, 6) is -1.22. The third-order valence-electron chi connectivity index (χ3n) is 2.73. The quantitative estimate of drug-likeness (QED) is 0.526. The van der Waals surface area contributed by atoms with Crippen molar-refractivity contribution >= 4 is 34.0 Å². The van der Waals surface area contributed by atoms with Crippen LogP contribution in [0.5, 0.6) is 0 Å². The summed E-state index contributed by atoms with van der Waals surface area (Å²) in [6.45, 7) is 1.60. The summed E-state index contributed by atoms with van der Waals surface area (Å²) in [6, 6.07) is 5.57. The van der Waals surface area contributed by atoms with E-state index in [4.69, 9.17) is 0 Å². The molecule has 0 aliphatic rings. The molecule has 9 heteroatoms. The summed E-state index contributed by atoms with van der Waals surface area (Å²) in [5.41, 5.74) is 0.0242. The number of hydrogen-bond acceptors (Lipinski definition) is 7. The van der Waals surface area contributed by atoms with Gasteiger partial charge >= 0.3 is 5.97 Å². The molecule has 1 aromatic heterocycles. The zero-order valence-corrected chi connectivity index (χ0v) is 12.5. The van der Waals surface area contributed by atoms with Crippen LogP contribution < -0.4 is 5.32 Å². The molecule has 0 unspecified atom stereocenters. The fraction of sp³-hybridized carbons (Fsp3) is 0.154. The summed E-state index contributed by atoms with van der Waals surface area (Å²) >= 11 is 0.942. The molecular formula is C13H11N3O5S. The SMILES string of the molecule is COC(=O)c1sc(NC(=O)c2ccccc2[N+](=O)[O-])nc1C. The highest BCUT2D eigenvalue weighted by Gasteiger charge is 2.22. The lowest BCUT2D eigenvalue weighted by Crippen LogP contribution is -2.13. The minimum atomic E-state index is -0.669. The number of carbonyl (C=O) groups excluding carboxylic acids is 2. The van der Waals surface area contributed by atoms with Crippen molar-refractivity contribution in [3.8, 4) is 0 Å². The maximum atomic E-state index is 12.1. The van der Waals surface area contributed by atoms with Crippen molar-refractivity contribution in [3.63, 3.8) is 0 Å². The minimum absolute atomic E-state index is 0.0834. The largest absolute Gasteiger partial charge is 0.465 e. The zero-order chi connectivity index (χ0) is 16.3. The Morgan fingerprint density at radius 3 is 2.68 bits per heavy atom. The Kier molecular flexibility index (Phi) is 4.47. The van der Waals surface area contributed by atoms with Gasteiger partial charge in [0.05, 0.1) is 17.7 Å². The molecule has 2 aromatic rings. The van der Waals surface area contributed by atoms with Crippen LogP contribution >= 0.6 is 11.3 Å². The van der Waals surface area contributed by atoms with Crippen LogP contribution in [0.25, 0.3) is 0 Å². The molecule has 1 heterocycles. The summed E-state index contributed by atoms with van der Waals surface area (Å²) < 4.78 is 4.60. The topological polar surface area (TPSA) is 111 Å². The number of hydrogen-bond donors (Lipinski definition) is 1. The lowest BCUT2D eigenvalue weighted by molar-refractivity contribution is -0.385. The van der Waals surface area contributed by atoms with Crippen LogP contribution in [0.2, 0.25) is 0 Å². The van der Waals surface area contributed by atoms with Crippen molar-refractivity contribution in [2.24, 2.45) is 0 Å². The van der Waals surface area contributed by atoms with E-state index in [1.54, 1.807) is 6.92 Å². The number of ether oxygens (including phenoxy) is 1. The predicted octanol–water partition coefficient (Wildman–Crippen LogP) is 2.40. The molecule has 1 amide bonds. The molecule has 0 saturated heterocycles. The molecule has 22 heavy (non-hydrogen) atoms. The number of carbonyl (C=O) groups is 2. The molecule has 114 valence electrons. The van der Waals surface area contributed by atoms with Crippen molar-refractivity contribution in [1.82, 2.24) is 4.98 Å². The Balaban J connectivity index is 2.27. The van der Waals surface area contributed by atoms with Gasteiger partial charge in [0.25, 0.3) is 11.6 Å². The van der Waals surface area contributed by atoms with Gasteiger partial charge in [-0.05, 0) is 13.0 Å². The number of para-hydroxylation sites is 1. The van der Waals surface area contributed by atoms with Gasteiger partial charge in [-0.15, -0.1) is 0 Å². The number of nitrogens with one attached hydrogen (secondary N) is 1. The van der Waals surface area contributed by atoms with E-state index in [1.165, 1.54) is 31.4 Å². The van der Waals surface area contributed by atoms with Gasteiger partial charge in [0.1, 0.15) is 10.4 Å². The van der Waals surface area contributed by atoms with Crippen LogP contribution in [0.1, 0.15) is 25.7 Å². The number of rotatable bonds is 4. The summed E-state index contributed by atoms with van der Waals surface area (Å²) in [6.07, 6.45) is 0. The molecular weight excluding hydrogens is 310 g/mol. The Bertz CT molecular complexity index is 756. The van der Waals surface area contributed by atoms with Crippen LogP contribution in [0.3, 0.4) is 0 Å². The van der Waals surface area contributed by atoms with Gasteiger partial charge in [0, 0.05) is 6.07 Å². The number of benzene rings is 1. The maximum absolute atomic E-state index is 12.1. The number of nitro groups is 1. The Labute approximate surface area is 128 Å². The van der Waals surface area contributed by atoms with Gasteiger partial charge in [-0.3, -0.25) is 20.2 Å². The number of aryl methyl sites for hydroxylation is 1. The Morgan fingerprint density at radius 1 is 1.36 bits per heavy atom. The molecule has 0 fully saturated rings. The van der Waals surface area contributed by atoms with Crippen LogP contribution in [-0.2, 0) is 4.74 Å². The summed E-state index contributed by atoms with van der Waals surface area (Å²) in [5, 5.41) is 13.5. The molecule has 1 N–H and O–H groups in total. The number of esters is 1. The van der Waals surface area contributed by atoms with Gasteiger partial charge in [-0.1, -0.05) is 23.5 Å². The summed E-state index contributed by atoms with van der Waals surface area (Å²) in [4.78, 5) is 38.2. The Hall–Kier alpha value is -2.81. The second kappa shape index (κ2) is 6.31. The van der Waals surface area contributed by atoms with Crippen molar-refractivity contribution < 1.29 is 19.2 Å². The third-order valence-corrected chi connectivity index (χ3v) is 3.79. The first-order valence-electron chi connectivity index (χ1n) is 6.04. The van der Waals surface area contributed by atoms with Gasteiger partial charge < -0.3 is 4.74 Å². The van der Waals surface area contributed by atoms with Crippen molar-refractivity contribution in [1.29, 1.82) is 0 Å². The predicted molar refractivity (Wildman–Crippen MR) is 79.2 cm³/mol. The number of nitro benzene ring substituents is 1. The number of amides is 1. The fourth-order valence-electron chi connectivity index (χ4n) is 1.72. The van der Waals surface area contributed by atoms with E-state index in [-0.39, 0.29) is 21.3 Å². The normalized spacial score (nSPS) is 10.1. The number of methoxy groups -OCH3 is 1. The first-order valence-corrected chi connectivity index (χ1v) is 6.86. The molecule has 8 nitrogen and oxygen atoms in total. The highest BCUT2D eigenvalue weighted by Crippen LogP contribution is 2.25. The van der Waals surface area contributed by atoms with E-state index >= 15 is 0 Å². The van der Waals surface area contributed by atoms with E-state index in [9.17, 15) is 19.7 Å². The average Bonchev–Trinajstić information content (AvgIpc) is 2.86. The average molecular weight is 321 g/mol. The second-order valence-corrected chi connectivity index (χ2v) is 5.15. The highest BCUT2D eigenvalue weighted by atomic mass is 32.1. The van der Waals surface area contributed by atoms with Gasteiger partial charge in [0.2, 0.25) is 0 Å². The molecule has 0 bridgehead atoms. The molecule has 0 saturated carbocycles. The van der Waals surface area contributed by atoms with E-state index < -0.39 is 16.8 Å². The zero-order valence-electron chi connectivity index (χ0n) is 11.7.